The number of rotatable bonds is 11. The average molecular weight is 319 g/mol. The van der Waals surface area contributed by atoms with Crippen LogP contribution < -0.4 is 0 Å². The Hall–Kier alpha value is -0.120. The first kappa shape index (κ1) is 24.1. The molecule has 3 heteroatoms. The summed E-state index contributed by atoms with van der Waals surface area (Å²) in [7, 11) is 0. The molecule has 0 aliphatic heterocycles. The Bertz CT molecular complexity index is 201. The molecule has 0 radical (unpaired) electrons. The Labute approximate surface area is 139 Å². The van der Waals surface area contributed by atoms with Crippen molar-refractivity contribution in [3.05, 3.63) is 0 Å². The van der Waals surface area contributed by atoms with Gasteiger partial charge in [0.05, 0.1) is 24.9 Å². The second-order valence-corrected chi connectivity index (χ2v) is 6.59. The molecule has 0 aromatic heterocycles. The summed E-state index contributed by atoms with van der Waals surface area (Å²) >= 11 is 0. The highest BCUT2D eigenvalue weighted by atomic mass is 16.5. The van der Waals surface area contributed by atoms with Gasteiger partial charge >= 0.3 is 0 Å². The van der Waals surface area contributed by atoms with Gasteiger partial charge in [0.15, 0.2) is 0 Å². The van der Waals surface area contributed by atoms with Crippen LogP contribution in [-0.4, -0.2) is 35.1 Å². The van der Waals surface area contributed by atoms with Crippen LogP contribution in [0.3, 0.4) is 0 Å². The SMILES string of the molecule is CC(O)CO.CCCC(OC(CCC)C(C)CC)C(C)CC. The fourth-order valence-electron chi connectivity index (χ4n) is 2.29. The van der Waals surface area contributed by atoms with Crippen LogP contribution in [0.4, 0.5) is 0 Å². The molecule has 0 spiro atoms. The third-order valence-electron chi connectivity index (χ3n) is 4.32. The lowest BCUT2D eigenvalue weighted by Gasteiger charge is -2.31. The van der Waals surface area contributed by atoms with Gasteiger partial charge in [0.2, 0.25) is 0 Å². The van der Waals surface area contributed by atoms with Crippen molar-refractivity contribution in [2.75, 3.05) is 6.61 Å². The van der Waals surface area contributed by atoms with Gasteiger partial charge in [-0.3, -0.25) is 0 Å². The molecule has 0 saturated carbocycles. The lowest BCUT2D eigenvalue weighted by Crippen LogP contribution is -2.31. The molecule has 5 unspecified atom stereocenters. The van der Waals surface area contributed by atoms with E-state index >= 15 is 0 Å². The Kier molecular flexibility index (Phi) is 17.3. The molecule has 2 N–H and O–H groups in total. The lowest BCUT2D eigenvalue weighted by molar-refractivity contribution is -0.0711. The molecular formula is C19H42O3. The predicted molar refractivity (Wildman–Crippen MR) is 96.2 cm³/mol. The van der Waals surface area contributed by atoms with E-state index in [0.717, 1.165) is 0 Å². The van der Waals surface area contributed by atoms with Crippen LogP contribution in [0.5, 0.6) is 0 Å². The zero-order valence-corrected chi connectivity index (χ0v) is 16.1. The fraction of sp³-hybridized carbons (Fsp3) is 1.00. The molecular weight excluding hydrogens is 276 g/mol. The quantitative estimate of drug-likeness (QED) is 0.576. The van der Waals surface area contributed by atoms with Crippen molar-refractivity contribution in [3.8, 4) is 0 Å². The van der Waals surface area contributed by atoms with Gasteiger partial charge in [0.25, 0.3) is 0 Å². The Morgan fingerprint density at radius 3 is 1.27 bits per heavy atom. The minimum atomic E-state index is -0.560. The van der Waals surface area contributed by atoms with E-state index in [2.05, 4.69) is 41.5 Å². The molecule has 0 saturated heterocycles. The molecule has 0 heterocycles. The second-order valence-electron chi connectivity index (χ2n) is 6.59. The smallest absolute Gasteiger partial charge is 0.0742 e. The molecule has 5 atom stereocenters. The van der Waals surface area contributed by atoms with Gasteiger partial charge in [0, 0.05) is 0 Å². The molecule has 0 bridgehead atoms. The summed E-state index contributed by atoms with van der Waals surface area (Å²) < 4.78 is 6.44. The molecule has 0 aromatic carbocycles. The number of hydrogen-bond acceptors (Lipinski definition) is 3. The van der Waals surface area contributed by atoms with Crippen molar-refractivity contribution < 1.29 is 14.9 Å². The van der Waals surface area contributed by atoms with Crippen molar-refractivity contribution in [2.45, 2.75) is 105 Å². The lowest BCUT2D eigenvalue weighted by atomic mass is 9.94. The Morgan fingerprint density at radius 2 is 1.09 bits per heavy atom. The minimum Gasteiger partial charge on any atom is -0.394 e. The maximum Gasteiger partial charge on any atom is 0.0742 e. The first-order chi connectivity index (χ1) is 10.4. The Morgan fingerprint density at radius 1 is 0.773 bits per heavy atom. The van der Waals surface area contributed by atoms with E-state index in [9.17, 15) is 0 Å². The predicted octanol–water partition coefficient (Wildman–Crippen LogP) is 4.79. The average Bonchev–Trinajstić information content (AvgIpc) is 2.52. The van der Waals surface area contributed by atoms with E-state index in [4.69, 9.17) is 14.9 Å². The Balaban J connectivity index is 0. The molecule has 136 valence electrons. The summed E-state index contributed by atoms with van der Waals surface area (Å²) in [5.74, 6) is 1.39. The van der Waals surface area contributed by atoms with Crippen molar-refractivity contribution >= 4 is 0 Å². The van der Waals surface area contributed by atoms with Crippen molar-refractivity contribution in [1.82, 2.24) is 0 Å². The largest absolute Gasteiger partial charge is 0.394 e. The summed E-state index contributed by atoms with van der Waals surface area (Å²) in [5, 5.41) is 16.0. The molecule has 0 aliphatic carbocycles. The topological polar surface area (TPSA) is 49.7 Å². The van der Waals surface area contributed by atoms with E-state index < -0.39 is 6.10 Å². The van der Waals surface area contributed by atoms with Gasteiger partial charge in [-0.1, -0.05) is 67.2 Å². The van der Waals surface area contributed by atoms with Crippen molar-refractivity contribution in [2.24, 2.45) is 11.8 Å². The normalized spacial score (nSPS) is 17.9. The first-order valence-electron chi connectivity index (χ1n) is 9.31. The second kappa shape index (κ2) is 15.8. The van der Waals surface area contributed by atoms with E-state index in [1.165, 1.54) is 45.4 Å². The molecule has 0 rings (SSSR count). The van der Waals surface area contributed by atoms with Crippen molar-refractivity contribution in [1.29, 1.82) is 0 Å². The van der Waals surface area contributed by atoms with Gasteiger partial charge < -0.3 is 14.9 Å². The van der Waals surface area contributed by atoms with Gasteiger partial charge in [-0.05, 0) is 31.6 Å². The van der Waals surface area contributed by atoms with Gasteiger partial charge in [0.1, 0.15) is 0 Å². The van der Waals surface area contributed by atoms with Gasteiger partial charge in [-0.25, -0.2) is 0 Å². The monoisotopic (exact) mass is 318 g/mol. The summed E-state index contributed by atoms with van der Waals surface area (Å²) in [6.45, 7) is 15.1. The standard InChI is InChI=1S/C16H34O.C3H8O2/c1-7-11-15(13(5)9-3)17-16(12-8-2)14(6)10-4;1-3(5)2-4/h13-16H,7-12H2,1-6H3;3-5H,2H2,1H3. The summed E-state index contributed by atoms with van der Waals surface area (Å²) in [4.78, 5) is 0. The van der Waals surface area contributed by atoms with Crippen LogP contribution in [0.1, 0.15) is 87.0 Å². The summed E-state index contributed by atoms with van der Waals surface area (Å²) in [6.07, 6.45) is 7.72. The zero-order chi connectivity index (χ0) is 17.5. The molecule has 0 aliphatic rings. The highest BCUT2D eigenvalue weighted by molar-refractivity contribution is 4.71. The number of hydrogen-bond donors (Lipinski definition) is 2. The summed E-state index contributed by atoms with van der Waals surface area (Å²) in [5.41, 5.74) is 0. The van der Waals surface area contributed by atoms with Crippen LogP contribution in [0.15, 0.2) is 0 Å². The van der Waals surface area contributed by atoms with Crippen LogP contribution in [-0.2, 0) is 4.74 Å². The fourth-order valence-corrected chi connectivity index (χ4v) is 2.29. The number of aliphatic hydroxyl groups excluding tert-OH is 2. The van der Waals surface area contributed by atoms with E-state index in [1.807, 2.05) is 0 Å². The minimum absolute atomic E-state index is 0.139. The van der Waals surface area contributed by atoms with E-state index in [-0.39, 0.29) is 6.61 Å². The number of aliphatic hydroxyl groups is 2. The highest BCUT2D eigenvalue weighted by Crippen LogP contribution is 2.24. The van der Waals surface area contributed by atoms with Crippen LogP contribution in [0.2, 0.25) is 0 Å². The van der Waals surface area contributed by atoms with E-state index in [0.29, 0.717) is 24.0 Å². The molecule has 3 nitrogen and oxygen atoms in total. The number of ether oxygens (including phenoxy) is 1. The maximum absolute atomic E-state index is 8.11. The molecule has 0 amide bonds. The molecule has 0 aromatic rings. The third kappa shape index (κ3) is 12.4. The van der Waals surface area contributed by atoms with Gasteiger partial charge in [-0.2, -0.15) is 0 Å². The van der Waals surface area contributed by atoms with Crippen LogP contribution >= 0.6 is 0 Å². The summed E-state index contributed by atoms with van der Waals surface area (Å²) in [6, 6.07) is 0. The third-order valence-corrected chi connectivity index (χ3v) is 4.32. The van der Waals surface area contributed by atoms with Gasteiger partial charge in [-0.15, -0.1) is 0 Å². The zero-order valence-electron chi connectivity index (χ0n) is 16.1. The van der Waals surface area contributed by atoms with E-state index in [1.54, 1.807) is 0 Å². The molecule has 0 fully saturated rings. The first-order valence-corrected chi connectivity index (χ1v) is 9.31. The highest BCUT2D eigenvalue weighted by Gasteiger charge is 2.23. The van der Waals surface area contributed by atoms with Crippen molar-refractivity contribution in [3.63, 3.8) is 0 Å². The van der Waals surface area contributed by atoms with Crippen LogP contribution in [0.25, 0.3) is 0 Å². The maximum atomic E-state index is 8.11. The molecule has 22 heavy (non-hydrogen) atoms. The van der Waals surface area contributed by atoms with Crippen LogP contribution in [0, 0.1) is 11.8 Å².